The number of hydrogen-bond donors (Lipinski definition) is 0. The highest BCUT2D eigenvalue weighted by Crippen LogP contribution is 2.35. The van der Waals surface area contributed by atoms with E-state index < -0.39 is 0 Å². The molecular weight excluding hydrogens is 324 g/mol. The minimum absolute atomic E-state index is 0.135. The molecule has 0 spiro atoms. The Morgan fingerprint density at radius 3 is 2.42 bits per heavy atom. The number of benzene rings is 2. The molecule has 1 atom stereocenters. The number of ether oxygens (including phenoxy) is 1. The molecule has 1 nitrogen and oxygen atoms in total. The third kappa shape index (κ3) is 3.13. The lowest BCUT2D eigenvalue weighted by Gasteiger charge is -2.15. The van der Waals surface area contributed by atoms with Crippen LogP contribution in [0, 0.1) is 13.8 Å². The molecule has 0 bridgehead atoms. The van der Waals surface area contributed by atoms with Gasteiger partial charge in [0.1, 0.15) is 5.75 Å². The highest BCUT2D eigenvalue weighted by Gasteiger charge is 2.14. The van der Waals surface area contributed by atoms with Crippen LogP contribution in [0.2, 0.25) is 5.02 Å². The summed E-state index contributed by atoms with van der Waals surface area (Å²) in [5.74, 6) is 0.909. The van der Waals surface area contributed by atoms with Crippen LogP contribution in [0.15, 0.2) is 36.4 Å². The zero-order valence-electron chi connectivity index (χ0n) is 11.2. The second kappa shape index (κ2) is 5.98. The van der Waals surface area contributed by atoms with Crippen molar-refractivity contribution in [1.29, 1.82) is 0 Å². The van der Waals surface area contributed by atoms with Gasteiger partial charge in [-0.3, -0.25) is 0 Å². The molecule has 0 N–H and O–H groups in total. The van der Waals surface area contributed by atoms with Crippen molar-refractivity contribution in [3.05, 3.63) is 63.7 Å². The standard InChI is InChI=1S/C16H16BrClO/c1-10-4-6-13(18)9-14(10)16(17)12-5-7-15(19-3)11(2)8-12/h4-9,16H,1-3H3. The van der Waals surface area contributed by atoms with Gasteiger partial charge < -0.3 is 4.74 Å². The Balaban J connectivity index is 2.41. The Kier molecular flexibility index (Phi) is 4.54. The van der Waals surface area contributed by atoms with E-state index in [4.69, 9.17) is 16.3 Å². The molecule has 0 fully saturated rings. The van der Waals surface area contributed by atoms with Crippen molar-refractivity contribution in [3.63, 3.8) is 0 Å². The molecule has 0 aliphatic rings. The molecule has 0 saturated carbocycles. The summed E-state index contributed by atoms with van der Waals surface area (Å²) in [6.07, 6.45) is 0. The third-order valence-electron chi connectivity index (χ3n) is 3.23. The van der Waals surface area contributed by atoms with E-state index in [-0.39, 0.29) is 4.83 Å². The normalized spacial score (nSPS) is 12.3. The average Bonchev–Trinajstić information content (AvgIpc) is 2.40. The van der Waals surface area contributed by atoms with Crippen molar-refractivity contribution in [2.24, 2.45) is 0 Å². The SMILES string of the molecule is COc1ccc(C(Br)c2cc(Cl)ccc2C)cc1C. The molecule has 100 valence electrons. The average molecular weight is 340 g/mol. The summed E-state index contributed by atoms with van der Waals surface area (Å²) in [6.45, 7) is 4.14. The third-order valence-corrected chi connectivity index (χ3v) is 4.48. The maximum Gasteiger partial charge on any atom is 0.121 e. The van der Waals surface area contributed by atoms with E-state index in [0.717, 1.165) is 16.3 Å². The summed E-state index contributed by atoms with van der Waals surface area (Å²) in [6, 6.07) is 12.2. The van der Waals surface area contributed by atoms with Gasteiger partial charge in [0.05, 0.1) is 11.9 Å². The van der Waals surface area contributed by atoms with Crippen LogP contribution in [0.4, 0.5) is 0 Å². The summed E-state index contributed by atoms with van der Waals surface area (Å²) in [4.78, 5) is 0.135. The summed E-state index contributed by atoms with van der Waals surface area (Å²) < 4.78 is 5.29. The summed E-state index contributed by atoms with van der Waals surface area (Å²) in [7, 11) is 1.69. The van der Waals surface area contributed by atoms with E-state index in [9.17, 15) is 0 Å². The van der Waals surface area contributed by atoms with E-state index in [1.54, 1.807) is 7.11 Å². The van der Waals surface area contributed by atoms with E-state index in [1.165, 1.54) is 16.7 Å². The number of halogens is 2. The molecule has 0 amide bonds. The van der Waals surface area contributed by atoms with Crippen LogP contribution in [0.25, 0.3) is 0 Å². The van der Waals surface area contributed by atoms with Gasteiger partial charge in [-0.05, 0) is 54.3 Å². The Labute approximate surface area is 127 Å². The number of rotatable bonds is 3. The lowest BCUT2D eigenvalue weighted by Crippen LogP contribution is -1.97. The highest BCUT2D eigenvalue weighted by molar-refractivity contribution is 9.09. The number of aryl methyl sites for hydroxylation is 2. The van der Waals surface area contributed by atoms with E-state index >= 15 is 0 Å². The predicted octanol–water partition coefficient (Wildman–Crippen LogP) is 5.45. The van der Waals surface area contributed by atoms with Gasteiger partial charge in [0.2, 0.25) is 0 Å². The fourth-order valence-electron chi connectivity index (χ4n) is 2.12. The van der Waals surface area contributed by atoms with Gasteiger partial charge in [-0.2, -0.15) is 0 Å². The summed E-state index contributed by atoms with van der Waals surface area (Å²) in [5.41, 5.74) is 4.74. The smallest absolute Gasteiger partial charge is 0.121 e. The van der Waals surface area contributed by atoms with E-state index in [1.807, 2.05) is 31.2 Å². The van der Waals surface area contributed by atoms with Gasteiger partial charge in [0.15, 0.2) is 0 Å². The van der Waals surface area contributed by atoms with Crippen LogP contribution in [-0.2, 0) is 0 Å². The van der Waals surface area contributed by atoms with Crippen molar-refractivity contribution < 1.29 is 4.74 Å². The fraction of sp³-hybridized carbons (Fsp3) is 0.250. The Morgan fingerprint density at radius 1 is 1.05 bits per heavy atom. The second-order valence-electron chi connectivity index (χ2n) is 4.59. The summed E-state index contributed by atoms with van der Waals surface area (Å²) >= 11 is 9.85. The van der Waals surface area contributed by atoms with E-state index in [0.29, 0.717) is 0 Å². The maximum atomic E-state index is 6.09. The maximum absolute atomic E-state index is 6.09. The second-order valence-corrected chi connectivity index (χ2v) is 5.94. The minimum Gasteiger partial charge on any atom is -0.496 e. The van der Waals surface area contributed by atoms with Gasteiger partial charge in [-0.15, -0.1) is 0 Å². The number of methoxy groups -OCH3 is 1. The molecule has 2 aromatic rings. The molecule has 1 unspecified atom stereocenters. The number of alkyl halides is 1. The topological polar surface area (TPSA) is 9.23 Å². The van der Waals surface area contributed by atoms with Gasteiger partial charge in [-0.1, -0.05) is 45.7 Å². The van der Waals surface area contributed by atoms with Crippen LogP contribution < -0.4 is 4.74 Å². The Morgan fingerprint density at radius 2 is 1.79 bits per heavy atom. The van der Waals surface area contributed by atoms with Gasteiger partial charge in [0, 0.05) is 5.02 Å². The molecule has 3 heteroatoms. The van der Waals surface area contributed by atoms with Gasteiger partial charge in [-0.25, -0.2) is 0 Å². The first-order valence-corrected chi connectivity index (χ1v) is 7.37. The first kappa shape index (κ1) is 14.4. The van der Waals surface area contributed by atoms with Crippen LogP contribution >= 0.6 is 27.5 Å². The van der Waals surface area contributed by atoms with Crippen molar-refractivity contribution in [1.82, 2.24) is 0 Å². The fourth-order valence-corrected chi connectivity index (χ4v) is 3.08. The quantitative estimate of drug-likeness (QED) is 0.676. The lowest BCUT2D eigenvalue weighted by molar-refractivity contribution is 0.411. The molecule has 0 radical (unpaired) electrons. The molecule has 0 aliphatic carbocycles. The molecule has 0 saturated heterocycles. The monoisotopic (exact) mass is 338 g/mol. The van der Waals surface area contributed by atoms with Crippen molar-refractivity contribution in [2.45, 2.75) is 18.7 Å². The Bertz CT molecular complexity index is 595. The van der Waals surface area contributed by atoms with Crippen LogP contribution in [0.5, 0.6) is 5.75 Å². The largest absolute Gasteiger partial charge is 0.496 e. The molecule has 2 rings (SSSR count). The first-order valence-electron chi connectivity index (χ1n) is 6.07. The number of hydrogen-bond acceptors (Lipinski definition) is 1. The first-order chi connectivity index (χ1) is 9.02. The zero-order valence-corrected chi connectivity index (χ0v) is 13.5. The Hall–Kier alpha value is -0.990. The zero-order chi connectivity index (χ0) is 14.0. The van der Waals surface area contributed by atoms with Crippen LogP contribution in [0.3, 0.4) is 0 Å². The predicted molar refractivity (Wildman–Crippen MR) is 84.7 cm³/mol. The molecular formula is C16H16BrClO. The molecule has 0 aromatic heterocycles. The van der Waals surface area contributed by atoms with Crippen molar-refractivity contribution in [3.8, 4) is 5.75 Å². The summed E-state index contributed by atoms with van der Waals surface area (Å²) in [5, 5.41) is 0.760. The van der Waals surface area contributed by atoms with Crippen LogP contribution in [-0.4, -0.2) is 7.11 Å². The molecule has 19 heavy (non-hydrogen) atoms. The van der Waals surface area contributed by atoms with Gasteiger partial charge in [0.25, 0.3) is 0 Å². The van der Waals surface area contributed by atoms with E-state index in [2.05, 4.69) is 35.0 Å². The van der Waals surface area contributed by atoms with Crippen molar-refractivity contribution >= 4 is 27.5 Å². The van der Waals surface area contributed by atoms with Crippen LogP contribution in [0.1, 0.15) is 27.1 Å². The van der Waals surface area contributed by atoms with Crippen molar-refractivity contribution in [2.75, 3.05) is 7.11 Å². The van der Waals surface area contributed by atoms with Gasteiger partial charge >= 0.3 is 0 Å². The molecule has 0 heterocycles. The molecule has 2 aromatic carbocycles. The minimum atomic E-state index is 0.135. The highest BCUT2D eigenvalue weighted by atomic mass is 79.9. The molecule has 0 aliphatic heterocycles. The lowest BCUT2D eigenvalue weighted by atomic mass is 9.99.